The van der Waals surface area contributed by atoms with Gasteiger partial charge in [-0.05, 0) is 49.6 Å². The SMILES string of the molecule is CCNC(=NCc1ccc(C(=O)NC)cc1)NCC1CCCN1Cc1ccccc1.I. The highest BCUT2D eigenvalue weighted by atomic mass is 127. The minimum Gasteiger partial charge on any atom is -0.357 e. The highest BCUT2D eigenvalue weighted by molar-refractivity contribution is 14.0. The Morgan fingerprint density at radius 2 is 1.81 bits per heavy atom. The first kappa shape index (κ1) is 25.1. The molecule has 0 spiro atoms. The van der Waals surface area contributed by atoms with E-state index >= 15 is 0 Å². The molecule has 31 heavy (non-hydrogen) atoms. The number of carbonyl (C=O) groups is 1. The molecule has 2 aromatic rings. The van der Waals surface area contributed by atoms with E-state index in [1.54, 1.807) is 7.05 Å². The molecule has 6 nitrogen and oxygen atoms in total. The number of hydrogen-bond acceptors (Lipinski definition) is 3. The average molecular weight is 535 g/mol. The number of nitrogens with zero attached hydrogens (tertiary/aromatic N) is 2. The summed E-state index contributed by atoms with van der Waals surface area (Å²) in [4.78, 5) is 18.9. The Morgan fingerprint density at radius 3 is 2.48 bits per heavy atom. The van der Waals surface area contributed by atoms with Gasteiger partial charge in [0, 0.05) is 38.3 Å². The van der Waals surface area contributed by atoms with Crippen LogP contribution in [0.2, 0.25) is 0 Å². The number of likely N-dealkylation sites (tertiary alicyclic amines) is 1. The molecule has 2 aromatic carbocycles. The number of hydrogen-bond donors (Lipinski definition) is 3. The van der Waals surface area contributed by atoms with Gasteiger partial charge in [0.25, 0.3) is 5.91 Å². The third-order valence-corrected chi connectivity index (χ3v) is 5.44. The summed E-state index contributed by atoms with van der Waals surface area (Å²) in [5, 5.41) is 9.50. The van der Waals surface area contributed by atoms with Crippen LogP contribution < -0.4 is 16.0 Å². The molecule has 1 fully saturated rings. The van der Waals surface area contributed by atoms with E-state index in [4.69, 9.17) is 4.99 Å². The third kappa shape index (κ3) is 7.81. The van der Waals surface area contributed by atoms with Crippen molar-refractivity contribution in [2.75, 3.05) is 26.7 Å². The minimum absolute atomic E-state index is 0. The van der Waals surface area contributed by atoms with Gasteiger partial charge in [0.15, 0.2) is 5.96 Å². The van der Waals surface area contributed by atoms with Gasteiger partial charge in [-0.15, -0.1) is 24.0 Å². The fourth-order valence-corrected chi connectivity index (χ4v) is 3.78. The topological polar surface area (TPSA) is 68.8 Å². The van der Waals surface area contributed by atoms with E-state index in [0.29, 0.717) is 18.2 Å². The molecule has 1 atom stereocenters. The Bertz CT molecular complexity index is 826. The molecule has 1 unspecified atom stereocenters. The summed E-state index contributed by atoms with van der Waals surface area (Å²) < 4.78 is 0. The molecule has 1 aliphatic rings. The van der Waals surface area contributed by atoms with Crippen molar-refractivity contribution < 1.29 is 4.79 Å². The fraction of sp³-hybridized carbons (Fsp3) is 0.417. The number of rotatable bonds is 8. The second-order valence-electron chi connectivity index (χ2n) is 7.60. The molecule has 0 bridgehead atoms. The quantitative estimate of drug-likeness (QED) is 0.276. The van der Waals surface area contributed by atoms with Gasteiger partial charge in [-0.25, -0.2) is 4.99 Å². The van der Waals surface area contributed by atoms with Crippen LogP contribution in [0.5, 0.6) is 0 Å². The van der Waals surface area contributed by atoms with Crippen LogP contribution in [0.1, 0.15) is 41.3 Å². The predicted molar refractivity (Wildman–Crippen MR) is 138 cm³/mol. The first-order valence-electron chi connectivity index (χ1n) is 10.8. The molecule has 3 rings (SSSR count). The van der Waals surface area contributed by atoms with E-state index in [1.165, 1.54) is 18.4 Å². The second kappa shape index (κ2) is 13.3. The number of halogens is 1. The molecule has 3 N–H and O–H groups in total. The summed E-state index contributed by atoms with van der Waals surface area (Å²) in [6.07, 6.45) is 2.45. The standard InChI is InChI=1S/C24H33N5O.HI/c1-3-26-24(27-16-19-11-13-21(14-12-19)23(30)25-2)28-17-22-10-7-15-29(22)18-20-8-5-4-6-9-20;/h4-6,8-9,11-14,22H,3,7,10,15-18H2,1-2H3,(H,25,30)(H2,26,27,28);1H. The zero-order valence-electron chi connectivity index (χ0n) is 18.4. The third-order valence-electron chi connectivity index (χ3n) is 5.44. The van der Waals surface area contributed by atoms with Crippen LogP contribution in [0.15, 0.2) is 59.6 Å². The maximum Gasteiger partial charge on any atom is 0.251 e. The van der Waals surface area contributed by atoms with E-state index in [2.05, 4.69) is 58.1 Å². The lowest BCUT2D eigenvalue weighted by Crippen LogP contribution is -2.44. The largest absolute Gasteiger partial charge is 0.357 e. The van der Waals surface area contributed by atoms with Crippen LogP contribution in [0.4, 0.5) is 0 Å². The lowest BCUT2D eigenvalue weighted by Gasteiger charge is -2.25. The van der Waals surface area contributed by atoms with Gasteiger partial charge in [-0.2, -0.15) is 0 Å². The van der Waals surface area contributed by atoms with Gasteiger partial charge in [0.1, 0.15) is 0 Å². The molecular weight excluding hydrogens is 501 g/mol. The van der Waals surface area contributed by atoms with Gasteiger partial charge in [0.05, 0.1) is 6.54 Å². The molecular formula is C24H34IN5O. The van der Waals surface area contributed by atoms with Crippen LogP contribution >= 0.6 is 24.0 Å². The Balaban J connectivity index is 0.00000341. The molecule has 1 aliphatic heterocycles. The number of carbonyl (C=O) groups excluding carboxylic acids is 1. The first-order valence-corrected chi connectivity index (χ1v) is 10.8. The molecule has 7 heteroatoms. The van der Waals surface area contributed by atoms with Crippen molar-refractivity contribution in [3.8, 4) is 0 Å². The Morgan fingerprint density at radius 1 is 1.06 bits per heavy atom. The summed E-state index contributed by atoms with van der Waals surface area (Å²) >= 11 is 0. The fourth-order valence-electron chi connectivity index (χ4n) is 3.78. The molecule has 0 aromatic heterocycles. The van der Waals surface area contributed by atoms with E-state index in [-0.39, 0.29) is 29.9 Å². The lowest BCUT2D eigenvalue weighted by molar-refractivity contribution is 0.0963. The van der Waals surface area contributed by atoms with Crippen molar-refractivity contribution in [2.24, 2.45) is 4.99 Å². The zero-order chi connectivity index (χ0) is 21.2. The van der Waals surface area contributed by atoms with Crippen molar-refractivity contribution in [1.29, 1.82) is 0 Å². The molecule has 1 amide bonds. The monoisotopic (exact) mass is 535 g/mol. The second-order valence-corrected chi connectivity index (χ2v) is 7.60. The number of guanidine groups is 1. The number of aliphatic imine (C=N–C) groups is 1. The summed E-state index contributed by atoms with van der Waals surface area (Å²) in [5.41, 5.74) is 3.10. The highest BCUT2D eigenvalue weighted by Crippen LogP contribution is 2.19. The van der Waals surface area contributed by atoms with Crippen LogP contribution in [0.3, 0.4) is 0 Å². The number of nitrogens with one attached hydrogen (secondary N) is 3. The van der Waals surface area contributed by atoms with E-state index in [1.807, 2.05) is 24.3 Å². The number of benzene rings is 2. The normalized spacial score (nSPS) is 16.5. The van der Waals surface area contributed by atoms with Crippen molar-refractivity contribution in [1.82, 2.24) is 20.9 Å². The van der Waals surface area contributed by atoms with Crippen molar-refractivity contribution >= 4 is 35.8 Å². The highest BCUT2D eigenvalue weighted by Gasteiger charge is 2.24. The van der Waals surface area contributed by atoms with Crippen LogP contribution in [0, 0.1) is 0 Å². The Hall–Kier alpha value is -2.13. The first-order chi connectivity index (χ1) is 14.7. The maximum atomic E-state index is 11.7. The van der Waals surface area contributed by atoms with Crippen molar-refractivity contribution in [2.45, 2.75) is 38.9 Å². The summed E-state index contributed by atoms with van der Waals surface area (Å²) in [6.45, 7) is 6.49. The zero-order valence-corrected chi connectivity index (χ0v) is 20.8. The Kier molecular flexibility index (Phi) is 10.8. The lowest BCUT2D eigenvalue weighted by atomic mass is 10.1. The molecule has 1 saturated heterocycles. The van der Waals surface area contributed by atoms with Gasteiger partial charge >= 0.3 is 0 Å². The summed E-state index contributed by atoms with van der Waals surface area (Å²) in [5.74, 6) is 0.760. The molecule has 168 valence electrons. The van der Waals surface area contributed by atoms with Crippen molar-refractivity contribution in [3.05, 3.63) is 71.3 Å². The maximum absolute atomic E-state index is 11.7. The number of amides is 1. The van der Waals surface area contributed by atoms with Gasteiger partial charge < -0.3 is 16.0 Å². The summed E-state index contributed by atoms with van der Waals surface area (Å²) in [6, 6.07) is 18.8. The van der Waals surface area contributed by atoms with Gasteiger partial charge in [0.2, 0.25) is 0 Å². The van der Waals surface area contributed by atoms with Gasteiger partial charge in [-0.1, -0.05) is 42.5 Å². The van der Waals surface area contributed by atoms with E-state index < -0.39 is 0 Å². The van der Waals surface area contributed by atoms with Crippen LogP contribution in [-0.4, -0.2) is 49.5 Å². The van der Waals surface area contributed by atoms with E-state index in [0.717, 1.165) is 37.7 Å². The molecule has 0 aliphatic carbocycles. The average Bonchev–Trinajstić information content (AvgIpc) is 3.23. The smallest absolute Gasteiger partial charge is 0.251 e. The van der Waals surface area contributed by atoms with Crippen LogP contribution in [-0.2, 0) is 13.1 Å². The minimum atomic E-state index is -0.0725. The van der Waals surface area contributed by atoms with Crippen molar-refractivity contribution in [3.63, 3.8) is 0 Å². The molecule has 0 radical (unpaired) electrons. The van der Waals surface area contributed by atoms with E-state index in [9.17, 15) is 4.79 Å². The predicted octanol–water partition coefficient (Wildman–Crippen LogP) is 3.38. The Labute approximate surface area is 202 Å². The molecule has 0 saturated carbocycles. The molecule has 1 heterocycles. The van der Waals surface area contributed by atoms with Gasteiger partial charge in [-0.3, -0.25) is 9.69 Å². The van der Waals surface area contributed by atoms with Crippen LogP contribution in [0.25, 0.3) is 0 Å². The summed E-state index contributed by atoms with van der Waals surface area (Å²) in [7, 11) is 1.64.